The summed E-state index contributed by atoms with van der Waals surface area (Å²) < 4.78 is 8.88. The van der Waals surface area contributed by atoms with Crippen LogP contribution >= 0.6 is 7.82 Å². The van der Waals surface area contributed by atoms with Gasteiger partial charge in [-0.25, -0.2) is 9.36 Å². The van der Waals surface area contributed by atoms with E-state index in [-0.39, 0.29) is 122 Å². The Balaban J connectivity index is -0.00000000406. The van der Waals surface area contributed by atoms with Gasteiger partial charge >= 0.3 is 127 Å². The van der Waals surface area contributed by atoms with E-state index < -0.39 is 14.0 Å². The van der Waals surface area contributed by atoms with E-state index in [4.69, 9.17) is 34.3 Å². The van der Waals surface area contributed by atoms with Gasteiger partial charge in [0.1, 0.15) is 0 Å². The molecule has 0 heterocycles. The number of hydrogen-bond acceptors (Lipinski definition) is 2. The van der Waals surface area contributed by atoms with E-state index >= 15 is 0 Å². The zero-order valence-corrected chi connectivity index (χ0v) is 13.6. The molecule has 0 amide bonds. The van der Waals surface area contributed by atoms with E-state index in [9.17, 15) is 0 Å². The van der Waals surface area contributed by atoms with Crippen molar-refractivity contribution in [1.29, 1.82) is 0 Å². The number of phosphoric acid groups is 1. The average Bonchev–Trinajstić information content (AvgIpc) is 1.19. The molecule has 68 valence electrons. The second kappa shape index (κ2) is 16.6. The maximum Gasteiger partial charge on any atom is 2.00 e. The Bertz CT molecular complexity index is 135. The summed E-state index contributed by atoms with van der Waals surface area (Å²) in [5.74, 6) is 0. The maximum atomic E-state index is 8.88. The van der Waals surface area contributed by atoms with Crippen LogP contribution in [0.1, 0.15) is 8.56 Å². The molecule has 0 aliphatic heterocycles. The van der Waals surface area contributed by atoms with Crippen LogP contribution in [0.15, 0.2) is 0 Å². The van der Waals surface area contributed by atoms with Crippen molar-refractivity contribution in [2.45, 2.75) is 0 Å². The molecular weight excluding hydrogens is 275 g/mol. The number of rotatable bonds is 0. The number of carbonyl (C=O) groups is 1. The zero-order chi connectivity index (χ0) is 8.08. The Morgan fingerprint density at radius 3 is 1.00 bits per heavy atom. The van der Waals surface area contributed by atoms with Crippen LogP contribution in [0.2, 0.25) is 0 Å². The van der Waals surface area contributed by atoms with Gasteiger partial charge in [0.25, 0.3) is 0 Å². The molecule has 7 nitrogen and oxygen atoms in total. The fraction of sp³-hybridized carbons (Fsp3) is 0. The molecule has 0 aromatic carbocycles. The Kier molecular flexibility index (Phi) is 40.7. The minimum Gasteiger partial charge on any atom is -1.00 e. The van der Waals surface area contributed by atoms with Gasteiger partial charge in [-0.2, -0.15) is 0 Å². The molecule has 0 rings (SSSR count). The largest absolute Gasteiger partial charge is 2.00 e. The van der Waals surface area contributed by atoms with Crippen LogP contribution in [-0.2, 0) is 4.57 Å². The molecule has 0 radical (unpaired) electrons. The minimum atomic E-state index is -4.64. The predicted octanol–water partition coefficient (Wildman–Crippen LogP) is -1.17. The van der Waals surface area contributed by atoms with Crippen LogP contribution in [-0.4, -0.2) is 144 Å². The maximum absolute atomic E-state index is 8.88. The van der Waals surface area contributed by atoms with Crippen LogP contribution in [0.3, 0.4) is 0 Å². The molecule has 11 heteroatoms. The Labute approximate surface area is 167 Å². The first-order valence-electron chi connectivity index (χ1n) is 1.43. The van der Waals surface area contributed by atoms with Gasteiger partial charge in [0.15, 0.2) is 0 Å². The SMILES string of the molecule is O=C(O)O.O=P(O)(O)O.[Ca+2].[Ca+2].[Ca+2].[H-].[H-].[H-].[H-].[H-].[H-]. The predicted molar refractivity (Wildman–Crippen MR) is 48.9 cm³/mol. The van der Waals surface area contributed by atoms with Gasteiger partial charge in [0.2, 0.25) is 0 Å². The van der Waals surface area contributed by atoms with Gasteiger partial charge < -0.3 is 33.5 Å². The first kappa shape index (κ1) is 29.4. The summed E-state index contributed by atoms with van der Waals surface area (Å²) in [5.41, 5.74) is 0. The summed E-state index contributed by atoms with van der Waals surface area (Å²) >= 11 is 0. The molecule has 0 aromatic rings. The summed E-state index contributed by atoms with van der Waals surface area (Å²) in [6.45, 7) is 0. The third kappa shape index (κ3) is 195. The smallest absolute Gasteiger partial charge is 1.00 e. The van der Waals surface area contributed by atoms with E-state index in [2.05, 4.69) is 0 Å². The van der Waals surface area contributed by atoms with E-state index in [0.29, 0.717) is 0 Å². The van der Waals surface area contributed by atoms with Crippen LogP contribution < -0.4 is 0 Å². The Morgan fingerprint density at radius 2 is 1.00 bits per heavy atom. The molecule has 0 fully saturated rings. The standard InChI is InChI=1S/CH2O3.3Ca.H3O4P.6H/c2-1(3)4;;;;1-5(2,3)4;;;;;;/h(H2,2,3,4);;;;(H3,1,2,3,4);;;;;;/q;3*+2;;6*-1. The minimum absolute atomic E-state index is 0. The van der Waals surface area contributed by atoms with Crippen molar-refractivity contribution in [3.8, 4) is 0 Å². The molecular formula is CH11Ca3O7P. The topological polar surface area (TPSA) is 135 Å². The van der Waals surface area contributed by atoms with Gasteiger partial charge in [-0.1, -0.05) is 0 Å². The zero-order valence-electron chi connectivity index (χ0n) is 12.1. The molecule has 0 atom stereocenters. The normalized spacial score (nSPS) is 6.92. The molecule has 0 bridgehead atoms. The van der Waals surface area contributed by atoms with Gasteiger partial charge in [-0.05, 0) is 0 Å². The van der Waals surface area contributed by atoms with Crippen LogP contribution in [0, 0.1) is 0 Å². The second-order valence-corrected chi connectivity index (χ2v) is 1.82. The monoisotopic (exact) mass is 286 g/mol. The van der Waals surface area contributed by atoms with Crippen molar-refractivity contribution in [2.24, 2.45) is 0 Å². The molecule has 0 saturated carbocycles. The summed E-state index contributed by atoms with van der Waals surface area (Å²) in [6, 6.07) is 0. The van der Waals surface area contributed by atoms with Crippen LogP contribution in [0.5, 0.6) is 0 Å². The molecule has 5 N–H and O–H groups in total. The summed E-state index contributed by atoms with van der Waals surface area (Å²) in [6.07, 6.45) is -1.83. The molecule has 0 unspecified atom stereocenters. The van der Waals surface area contributed by atoms with Crippen molar-refractivity contribution in [3.05, 3.63) is 0 Å². The van der Waals surface area contributed by atoms with Crippen LogP contribution in [0.4, 0.5) is 4.79 Å². The van der Waals surface area contributed by atoms with Crippen molar-refractivity contribution < 1.29 is 42.8 Å². The second-order valence-electron chi connectivity index (χ2n) is 0.796. The first-order chi connectivity index (χ1) is 3.73. The number of carboxylic acid groups (broad SMARTS) is 2. The molecule has 0 saturated heterocycles. The quantitative estimate of drug-likeness (QED) is 0.279. The van der Waals surface area contributed by atoms with E-state index in [0.717, 1.165) is 0 Å². The molecule has 0 aliphatic rings. The van der Waals surface area contributed by atoms with Crippen molar-refractivity contribution >= 4 is 127 Å². The van der Waals surface area contributed by atoms with Crippen molar-refractivity contribution in [2.75, 3.05) is 0 Å². The third-order valence-electron chi connectivity index (χ3n) is 0. The van der Waals surface area contributed by atoms with E-state index in [1.165, 1.54) is 0 Å². The first-order valence-corrected chi connectivity index (χ1v) is 3.00. The summed E-state index contributed by atoms with van der Waals surface area (Å²) in [7, 11) is -4.64. The van der Waals surface area contributed by atoms with Crippen molar-refractivity contribution in [1.82, 2.24) is 0 Å². The van der Waals surface area contributed by atoms with Gasteiger partial charge in [-0.15, -0.1) is 0 Å². The van der Waals surface area contributed by atoms with Crippen molar-refractivity contribution in [3.63, 3.8) is 0 Å². The fourth-order valence-electron chi connectivity index (χ4n) is 0. The Morgan fingerprint density at radius 1 is 1.00 bits per heavy atom. The van der Waals surface area contributed by atoms with Gasteiger partial charge in [0, 0.05) is 0 Å². The fourth-order valence-corrected chi connectivity index (χ4v) is 0. The average molecular weight is 286 g/mol. The number of hydrogen-bond donors (Lipinski definition) is 5. The summed E-state index contributed by atoms with van der Waals surface area (Å²) in [4.78, 5) is 30.1. The van der Waals surface area contributed by atoms with E-state index in [1.807, 2.05) is 0 Å². The van der Waals surface area contributed by atoms with Gasteiger partial charge in [-0.3, -0.25) is 0 Å². The van der Waals surface area contributed by atoms with Gasteiger partial charge in [0.05, 0.1) is 0 Å². The molecule has 12 heavy (non-hydrogen) atoms. The molecule has 0 spiro atoms. The van der Waals surface area contributed by atoms with E-state index in [1.54, 1.807) is 0 Å². The Hall–Kier alpha value is 3.16. The third-order valence-corrected chi connectivity index (χ3v) is 0. The summed E-state index contributed by atoms with van der Waals surface area (Å²) in [5, 5.41) is 13.9. The molecule has 0 aliphatic carbocycles. The van der Waals surface area contributed by atoms with Crippen LogP contribution in [0.25, 0.3) is 0 Å². The molecule has 0 aromatic heterocycles.